The molecule has 3 rings (SSSR count). The van der Waals surface area contributed by atoms with Gasteiger partial charge in [0.15, 0.2) is 5.84 Å². The Morgan fingerprint density at radius 2 is 2.15 bits per heavy atom. The molecule has 0 bridgehead atoms. The van der Waals surface area contributed by atoms with Crippen molar-refractivity contribution in [1.29, 1.82) is 0 Å². The fourth-order valence-electron chi connectivity index (χ4n) is 3.09. The minimum absolute atomic E-state index is 0.165. The molecule has 0 saturated carbocycles. The molecular weight excluding hydrogens is 274 g/mol. The van der Waals surface area contributed by atoms with Crippen LogP contribution in [0.25, 0.3) is 0 Å². The first kappa shape index (κ1) is 13.6. The van der Waals surface area contributed by atoms with Gasteiger partial charge in [-0.25, -0.2) is 0 Å². The Morgan fingerprint density at radius 3 is 2.90 bits per heavy atom. The number of amidine groups is 1. The molecule has 1 aromatic carbocycles. The first-order valence-electron chi connectivity index (χ1n) is 6.79. The summed E-state index contributed by atoms with van der Waals surface area (Å²) in [5.74, 6) is 0.612. The number of sulfonamides is 1. The van der Waals surface area contributed by atoms with Crippen molar-refractivity contribution in [2.24, 2.45) is 9.81 Å². The molecule has 0 spiro atoms. The summed E-state index contributed by atoms with van der Waals surface area (Å²) in [6.45, 7) is 4.82. The van der Waals surface area contributed by atoms with Crippen molar-refractivity contribution in [3.05, 3.63) is 29.8 Å². The number of hydrogen-bond acceptors (Lipinski definition) is 4. The molecule has 1 fully saturated rings. The van der Waals surface area contributed by atoms with Crippen LogP contribution in [0.5, 0.6) is 0 Å². The molecule has 2 aliphatic heterocycles. The van der Waals surface area contributed by atoms with E-state index in [4.69, 9.17) is 0 Å². The first-order valence-corrected chi connectivity index (χ1v) is 8.23. The number of likely N-dealkylation sites (tertiary alicyclic amines) is 1. The zero-order valence-corrected chi connectivity index (χ0v) is 12.6. The molecule has 0 aliphatic carbocycles. The minimum Gasteiger partial charge on any atom is -0.355 e. The van der Waals surface area contributed by atoms with Gasteiger partial charge in [-0.2, -0.15) is 8.42 Å². The molecule has 2 aliphatic rings. The summed E-state index contributed by atoms with van der Waals surface area (Å²) in [6.07, 6.45) is 1.04. The van der Waals surface area contributed by atoms with Crippen LogP contribution >= 0.6 is 0 Å². The van der Waals surface area contributed by atoms with Gasteiger partial charge in [0.05, 0.1) is 0 Å². The lowest BCUT2D eigenvalue weighted by Gasteiger charge is -2.25. The first-order chi connectivity index (χ1) is 9.45. The molecular formula is C14H19N3O2S. The lowest BCUT2D eigenvalue weighted by Crippen LogP contribution is -2.35. The number of fused-ring (bicyclic) bond motifs is 1. The normalized spacial score (nSPS) is 27.5. The molecule has 1 atom stereocenters. The molecule has 0 aromatic heterocycles. The second-order valence-corrected chi connectivity index (χ2v) is 7.47. The Kier molecular flexibility index (Phi) is 3.10. The molecule has 1 N–H and O–H groups in total. The Balaban J connectivity index is 1.94. The van der Waals surface area contributed by atoms with E-state index in [0.29, 0.717) is 10.7 Å². The van der Waals surface area contributed by atoms with Crippen molar-refractivity contribution in [3.63, 3.8) is 0 Å². The largest absolute Gasteiger partial charge is 0.355 e. The predicted octanol–water partition coefficient (Wildman–Crippen LogP) is 1.07. The maximum Gasteiger partial charge on any atom is 0.285 e. The van der Waals surface area contributed by atoms with Crippen LogP contribution in [0.1, 0.15) is 18.9 Å². The summed E-state index contributed by atoms with van der Waals surface area (Å²) < 4.78 is 28.2. The third-order valence-electron chi connectivity index (χ3n) is 4.07. The smallest absolute Gasteiger partial charge is 0.285 e. The molecule has 0 amide bonds. The van der Waals surface area contributed by atoms with Crippen LogP contribution in [0.2, 0.25) is 0 Å². The van der Waals surface area contributed by atoms with E-state index >= 15 is 0 Å². The zero-order chi connectivity index (χ0) is 14.4. The Bertz CT molecular complexity index is 669. The van der Waals surface area contributed by atoms with Crippen molar-refractivity contribution >= 4 is 15.9 Å². The van der Waals surface area contributed by atoms with Crippen molar-refractivity contribution in [2.75, 3.05) is 26.7 Å². The highest BCUT2D eigenvalue weighted by Crippen LogP contribution is 2.34. The van der Waals surface area contributed by atoms with Gasteiger partial charge in [-0.3, -0.25) is 0 Å². The van der Waals surface area contributed by atoms with Gasteiger partial charge >= 0.3 is 0 Å². The van der Waals surface area contributed by atoms with Crippen LogP contribution in [-0.4, -0.2) is 45.8 Å². The summed E-state index contributed by atoms with van der Waals surface area (Å²) in [6, 6.07) is 7.07. The topological polar surface area (TPSA) is 61.8 Å². The fraction of sp³-hybridized carbons (Fsp3) is 0.500. The molecule has 20 heavy (non-hydrogen) atoms. The van der Waals surface area contributed by atoms with Gasteiger partial charge in [-0.15, -0.1) is 4.40 Å². The van der Waals surface area contributed by atoms with Gasteiger partial charge in [0.25, 0.3) is 10.0 Å². The monoisotopic (exact) mass is 293 g/mol. The van der Waals surface area contributed by atoms with Gasteiger partial charge in [0.1, 0.15) is 4.90 Å². The van der Waals surface area contributed by atoms with Gasteiger partial charge in [-0.1, -0.05) is 19.1 Å². The van der Waals surface area contributed by atoms with Crippen molar-refractivity contribution in [3.8, 4) is 0 Å². The number of nitrogens with one attached hydrogen (secondary N) is 1. The molecule has 108 valence electrons. The maximum absolute atomic E-state index is 12.1. The summed E-state index contributed by atoms with van der Waals surface area (Å²) in [5, 5.41) is 3.21. The lowest BCUT2D eigenvalue weighted by atomic mass is 9.90. The zero-order valence-electron chi connectivity index (χ0n) is 11.8. The van der Waals surface area contributed by atoms with E-state index in [0.717, 1.165) is 31.6 Å². The highest BCUT2D eigenvalue weighted by atomic mass is 32.2. The van der Waals surface area contributed by atoms with Crippen molar-refractivity contribution in [1.82, 2.24) is 10.2 Å². The van der Waals surface area contributed by atoms with E-state index in [1.165, 1.54) is 0 Å². The fourth-order valence-corrected chi connectivity index (χ4v) is 4.32. The van der Waals surface area contributed by atoms with E-state index in [-0.39, 0.29) is 5.41 Å². The second kappa shape index (κ2) is 4.56. The van der Waals surface area contributed by atoms with Crippen LogP contribution in [0.15, 0.2) is 33.6 Å². The summed E-state index contributed by atoms with van der Waals surface area (Å²) in [5.41, 5.74) is 0.902. The third-order valence-corrected chi connectivity index (χ3v) is 5.40. The highest BCUT2D eigenvalue weighted by molar-refractivity contribution is 7.90. The van der Waals surface area contributed by atoms with Gasteiger partial charge in [-0.05, 0) is 31.0 Å². The van der Waals surface area contributed by atoms with Gasteiger partial charge < -0.3 is 10.2 Å². The van der Waals surface area contributed by atoms with Crippen LogP contribution in [0.3, 0.4) is 0 Å². The molecule has 1 unspecified atom stereocenters. The molecule has 2 heterocycles. The number of benzene rings is 1. The summed E-state index contributed by atoms with van der Waals surface area (Å²) >= 11 is 0. The molecule has 5 nitrogen and oxygen atoms in total. The number of nitrogens with zero attached hydrogens (tertiary/aromatic N) is 2. The molecule has 1 saturated heterocycles. The SMILES string of the molecule is CNCC1(C)CCN(C2=NS(=O)(=O)c3ccccc32)C1. The Morgan fingerprint density at radius 1 is 1.40 bits per heavy atom. The van der Waals surface area contributed by atoms with Gasteiger partial charge in [0.2, 0.25) is 0 Å². The lowest BCUT2D eigenvalue weighted by molar-refractivity contribution is 0.327. The summed E-state index contributed by atoms with van der Waals surface area (Å²) in [7, 11) is -1.57. The highest BCUT2D eigenvalue weighted by Gasteiger charge is 2.39. The summed E-state index contributed by atoms with van der Waals surface area (Å²) in [4.78, 5) is 2.43. The Hall–Kier alpha value is -1.40. The standard InChI is InChI=1S/C14H19N3O2S/c1-14(9-15-2)7-8-17(10-14)13-11-5-3-4-6-12(11)20(18,19)16-13/h3-6,15H,7-10H2,1-2H3. The predicted molar refractivity (Wildman–Crippen MR) is 78.4 cm³/mol. The van der Waals surface area contributed by atoms with Crippen LogP contribution < -0.4 is 5.32 Å². The maximum atomic E-state index is 12.1. The Labute approximate surface area is 119 Å². The average molecular weight is 293 g/mol. The van der Waals surface area contributed by atoms with Gasteiger partial charge in [0, 0.05) is 25.2 Å². The van der Waals surface area contributed by atoms with E-state index < -0.39 is 10.0 Å². The van der Waals surface area contributed by atoms with E-state index in [1.54, 1.807) is 12.1 Å². The van der Waals surface area contributed by atoms with E-state index in [1.807, 2.05) is 19.2 Å². The van der Waals surface area contributed by atoms with Crippen LogP contribution in [0.4, 0.5) is 0 Å². The van der Waals surface area contributed by atoms with Crippen LogP contribution in [0, 0.1) is 5.41 Å². The third kappa shape index (κ3) is 2.13. The van der Waals surface area contributed by atoms with Crippen molar-refractivity contribution in [2.45, 2.75) is 18.2 Å². The minimum atomic E-state index is -3.51. The van der Waals surface area contributed by atoms with E-state index in [2.05, 4.69) is 21.5 Å². The molecule has 1 aromatic rings. The average Bonchev–Trinajstić information content (AvgIpc) is 2.90. The number of rotatable bonds is 2. The second-order valence-electron chi connectivity index (χ2n) is 5.90. The van der Waals surface area contributed by atoms with Crippen molar-refractivity contribution < 1.29 is 8.42 Å². The van der Waals surface area contributed by atoms with Crippen LogP contribution in [-0.2, 0) is 10.0 Å². The molecule has 6 heteroatoms. The number of hydrogen-bond donors (Lipinski definition) is 1. The quantitative estimate of drug-likeness (QED) is 0.886. The van der Waals surface area contributed by atoms with E-state index in [9.17, 15) is 8.42 Å². The molecule has 0 radical (unpaired) electrons.